The van der Waals surface area contributed by atoms with E-state index in [0.717, 1.165) is 20.7 Å². The number of thiophene rings is 1. The minimum atomic E-state index is -3.04. The molecule has 3 aromatic rings. The molecule has 2 aromatic heterocycles. The quantitative estimate of drug-likeness (QED) is 0.700. The Morgan fingerprint density at radius 1 is 1.26 bits per heavy atom. The number of hydrogen-bond acceptors (Lipinski definition) is 7. The highest BCUT2D eigenvalue weighted by Gasteiger charge is 2.29. The second kappa shape index (κ2) is 7.24. The van der Waals surface area contributed by atoms with Crippen LogP contribution < -0.4 is 10.1 Å². The lowest BCUT2D eigenvalue weighted by molar-refractivity contribution is -0.123. The third kappa shape index (κ3) is 4.09. The Morgan fingerprint density at radius 2 is 2.07 bits per heavy atom. The summed E-state index contributed by atoms with van der Waals surface area (Å²) in [4.78, 5) is 22.3. The Hall–Kier alpha value is -2.52. The zero-order valence-corrected chi connectivity index (χ0v) is 15.9. The zero-order chi connectivity index (χ0) is 18.9. The number of benzene rings is 1. The van der Waals surface area contributed by atoms with Gasteiger partial charge < -0.3 is 10.1 Å². The Balaban J connectivity index is 1.46. The molecule has 140 valence electrons. The molecule has 1 fully saturated rings. The summed E-state index contributed by atoms with van der Waals surface area (Å²) in [5.41, 5.74) is 1.08. The Morgan fingerprint density at radius 3 is 2.81 bits per heavy atom. The number of fused-ring (bicyclic) bond motifs is 1. The molecule has 9 heteroatoms. The van der Waals surface area contributed by atoms with Gasteiger partial charge in [-0.1, -0.05) is 30.3 Å². The maximum absolute atomic E-state index is 12.1. The van der Waals surface area contributed by atoms with Crippen LogP contribution in [0.25, 0.3) is 20.7 Å². The maximum atomic E-state index is 12.1. The molecular weight excluding hydrogens is 386 g/mol. The van der Waals surface area contributed by atoms with E-state index >= 15 is 0 Å². The first kappa shape index (κ1) is 17.9. The molecule has 0 spiro atoms. The number of nitrogens with one attached hydrogen (secondary N) is 1. The van der Waals surface area contributed by atoms with E-state index in [9.17, 15) is 13.2 Å². The van der Waals surface area contributed by atoms with E-state index in [1.54, 1.807) is 0 Å². The van der Waals surface area contributed by atoms with Crippen molar-refractivity contribution >= 4 is 37.3 Å². The Labute approximate surface area is 160 Å². The number of carbonyl (C=O) groups excluding carboxylic acids is 1. The van der Waals surface area contributed by atoms with Gasteiger partial charge in [-0.3, -0.25) is 4.79 Å². The number of nitrogens with zero attached hydrogens (tertiary/aromatic N) is 2. The summed E-state index contributed by atoms with van der Waals surface area (Å²) in [5.74, 6) is 0.0826. The third-order valence-electron chi connectivity index (χ3n) is 4.29. The van der Waals surface area contributed by atoms with Crippen LogP contribution in [-0.2, 0) is 14.6 Å². The molecular formula is C18H17N3O4S2. The maximum Gasteiger partial charge on any atom is 0.258 e. The summed E-state index contributed by atoms with van der Waals surface area (Å²) in [7, 11) is -3.04. The average Bonchev–Trinajstić information content (AvgIpc) is 3.24. The molecule has 27 heavy (non-hydrogen) atoms. The summed E-state index contributed by atoms with van der Waals surface area (Å²) < 4.78 is 28.5. The van der Waals surface area contributed by atoms with Gasteiger partial charge in [0.1, 0.15) is 11.2 Å². The molecule has 0 radical (unpaired) electrons. The lowest BCUT2D eigenvalue weighted by atomic mass is 10.2. The lowest BCUT2D eigenvalue weighted by Gasteiger charge is -2.11. The summed E-state index contributed by atoms with van der Waals surface area (Å²) >= 11 is 1.53. The molecule has 1 N–H and O–H groups in total. The Kier molecular flexibility index (Phi) is 4.79. The Bertz CT molecular complexity index is 1080. The van der Waals surface area contributed by atoms with E-state index < -0.39 is 9.84 Å². The number of sulfone groups is 1. The van der Waals surface area contributed by atoms with E-state index in [-0.39, 0.29) is 30.1 Å². The van der Waals surface area contributed by atoms with E-state index in [2.05, 4.69) is 15.3 Å². The molecule has 7 nitrogen and oxygen atoms in total. The van der Waals surface area contributed by atoms with Crippen LogP contribution in [0.4, 0.5) is 0 Å². The molecule has 0 unspecified atom stereocenters. The molecule has 1 atom stereocenters. The van der Waals surface area contributed by atoms with Crippen molar-refractivity contribution in [2.24, 2.45) is 0 Å². The molecule has 1 amide bonds. The first-order valence-electron chi connectivity index (χ1n) is 8.43. The first-order chi connectivity index (χ1) is 13.0. The van der Waals surface area contributed by atoms with E-state index in [1.807, 2.05) is 36.4 Å². The molecule has 1 aromatic carbocycles. The summed E-state index contributed by atoms with van der Waals surface area (Å²) in [5, 5.41) is 3.45. The van der Waals surface area contributed by atoms with Gasteiger partial charge in [0.25, 0.3) is 5.91 Å². The fourth-order valence-electron chi connectivity index (χ4n) is 3.01. The number of ether oxygens (including phenoxy) is 1. The van der Waals surface area contributed by atoms with Crippen LogP contribution in [0.1, 0.15) is 6.42 Å². The predicted octanol–water partition coefficient (Wildman–Crippen LogP) is 2.04. The first-order valence-corrected chi connectivity index (χ1v) is 11.1. The van der Waals surface area contributed by atoms with Crippen LogP contribution in [-0.4, -0.2) is 48.4 Å². The highest BCUT2D eigenvalue weighted by atomic mass is 32.2. The average molecular weight is 403 g/mol. The summed E-state index contributed by atoms with van der Waals surface area (Å²) in [6.07, 6.45) is 1.85. The van der Waals surface area contributed by atoms with Crippen LogP contribution in [0, 0.1) is 0 Å². The molecule has 3 heterocycles. The standard InChI is InChI=1S/C18H17N3O4S2/c22-16(21-13-6-7-27(23,24)10-13)9-25-17-14-8-15(12-4-2-1-3-5-12)26-18(14)20-11-19-17/h1-5,8,11,13H,6-7,9-10H2,(H,21,22)/t13-/m1/s1. The highest BCUT2D eigenvalue weighted by molar-refractivity contribution is 7.91. The van der Waals surface area contributed by atoms with Gasteiger partial charge in [0.2, 0.25) is 5.88 Å². The molecule has 1 aliphatic rings. The highest BCUT2D eigenvalue weighted by Crippen LogP contribution is 2.35. The fourth-order valence-corrected chi connectivity index (χ4v) is 5.67. The second-order valence-corrected chi connectivity index (χ2v) is 9.59. The monoisotopic (exact) mass is 403 g/mol. The van der Waals surface area contributed by atoms with E-state index in [0.29, 0.717) is 12.3 Å². The van der Waals surface area contributed by atoms with Crippen LogP contribution in [0.3, 0.4) is 0 Å². The molecule has 0 aliphatic carbocycles. The second-order valence-electron chi connectivity index (χ2n) is 6.33. The van der Waals surface area contributed by atoms with Gasteiger partial charge in [-0.15, -0.1) is 11.3 Å². The van der Waals surface area contributed by atoms with Gasteiger partial charge in [-0.05, 0) is 18.1 Å². The molecule has 1 aliphatic heterocycles. The SMILES string of the molecule is O=C(COc1ncnc2sc(-c3ccccc3)cc12)N[C@@H]1CCS(=O)(=O)C1. The normalized spacial score (nSPS) is 18.4. The molecule has 0 saturated carbocycles. The topological polar surface area (TPSA) is 98.2 Å². The molecule has 1 saturated heterocycles. The van der Waals surface area contributed by atoms with Crippen molar-refractivity contribution in [2.75, 3.05) is 18.1 Å². The lowest BCUT2D eigenvalue weighted by Crippen LogP contribution is -2.38. The smallest absolute Gasteiger partial charge is 0.258 e. The van der Waals surface area contributed by atoms with Crippen molar-refractivity contribution in [1.29, 1.82) is 0 Å². The summed E-state index contributed by atoms with van der Waals surface area (Å²) in [6.45, 7) is -0.223. The van der Waals surface area contributed by atoms with Crippen molar-refractivity contribution in [1.82, 2.24) is 15.3 Å². The number of hydrogen-bond donors (Lipinski definition) is 1. The predicted molar refractivity (Wildman–Crippen MR) is 104 cm³/mol. The van der Waals surface area contributed by atoms with E-state index in [4.69, 9.17) is 4.74 Å². The van der Waals surface area contributed by atoms with Crippen molar-refractivity contribution in [2.45, 2.75) is 12.5 Å². The van der Waals surface area contributed by atoms with Gasteiger partial charge in [-0.25, -0.2) is 18.4 Å². The third-order valence-corrected chi connectivity index (χ3v) is 7.15. The van der Waals surface area contributed by atoms with Gasteiger partial charge in [-0.2, -0.15) is 0 Å². The van der Waals surface area contributed by atoms with E-state index in [1.165, 1.54) is 17.7 Å². The molecule has 4 rings (SSSR count). The number of rotatable bonds is 5. The van der Waals surface area contributed by atoms with Crippen LogP contribution in [0.15, 0.2) is 42.7 Å². The molecule has 0 bridgehead atoms. The summed E-state index contributed by atoms with van der Waals surface area (Å²) in [6, 6.07) is 11.5. The van der Waals surface area contributed by atoms with Gasteiger partial charge in [0, 0.05) is 10.9 Å². The minimum Gasteiger partial charge on any atom is -0.467 e. The largest absolute Gasteiger partial charge is 0.467 e. The fraction of sp³-hybridized carbons (Fsp3) is 0.278. The van der Waals surface area contributed by atoms with Crippen molar-refractivity contribution in [3.05, 3.63) is 42.7 Å². The van der Waals surface area contributed by atoms with Crippen molar-refractivity contribution in [3.8, 4) is 16.3 Å². The van der Waals surface area contributed by atoms with Crippen LogP contribution in [0.2, 0.25) is 0 Å². The van der Waals surface area contributed by atoms with Crippen LogP contribution >= 0.6 is 11.3 Å². The van der Waals surface area contributed by atoms with Gasteiger partial charge in [0.15, 0.2) is 16.4 Å². The number of aromatic nitrogens is 2. The number of carbonyl (C=O) groups is 1. The van der Waals surface area contributed by atoms with Crippen molar-refractivity contribution < 1.29 is 17.9 Å². The van der Waals surface area contributed by atoms with Crippen molar-refractivity contribution in [3.63, 3.8) is 0 Å². The van der Waals surface area contributed by atoms with Gasteiger partial charge >= 0.3 is 0 Å². The minimum absolute atomic E-state index is 0.0124. The number of amides is 1. The zero-order valence-electron chi connectivity index (χ0n) is 14.3. The van der Waals surface area contributed by atoms with Gasteiger partial charge in [0.05, 0.1) is 16.9 Å². The van der Waals surface area contributed by atoms with Crippen LogP contribution in [0.5, 0.6) is 5.88 Å².